The molecule has 1 fully saturated rings. The van der Waals surface area contributed by atoms with E-state index in [1.54, 1.807) is 37.4 Å². The van der Waals surface area contributed by atoms with E-state index in [1.165, 1.54) is 23.9 Å². The van der Waals surface area contributed by atoms with E-state index >= 15 is 0 Å². The Bertz CT molecular complexity index is 1510. The molecule has 2 heterocycles. The predicted octanol–water partition coefficient (Wildman–Crippen LogP) is 6.69. The minimum atomic E-state index is -0.259. The molecule has 0 aliphatic carbocycles. The average molecular weight is 506 g/mol. The zero-order valence-electron chi connectivity index (χ0n) is 19.0. The maximum absolute atomic E-state index is 13.4. The fraction of sp³-hybridized carbons (Fsp3) is 0.111. The lowest BCUT2D eigenvalue weighted by molar-refractivity contribution is -0.115. The number of aromatic nitrogens is 1. The molecule has 176 valence electrons. The van der Waals surface area contributed by atoms with Crippen molar-refractivity contribution in [2.24, 2.45) is 4.99 Å². The fourth-order valence-corrected chi connectivity index (χ4v) is 5.07. The Morgan fingerprint density at radius 3 is 2.69 bits per heavy atom. The Morgan fingerprint density at radius 2 is 1.91 bits per heavy atom. The standard InChI is InChI=1S/C27H21ClFN3O2S/c1-16-21(20-5-3-4-6-23(20)32(16)15-17-7-10-19(29)11-8-17)14-25-26(33)31-27(35-25)30-22-13-18(28)9-12-24(22)34-2/h3-14H,15H2,1-2H3,(H,30,31,33)/b25-14-. The first-order chi connectivity index (χ1) is 16.9. The number of nitrogens with zero attached hydrogens (tertiary/aromatic N) is 2. The lowest BCUT2D eigenvalue weighted by atomic mass is 10.1. The number of nitrogens with one attached hydrogen (secondary N) is 1. The Hall–Kier alpha value is -3.55. The molecule has 5 rings (SSSR count). The number of amidine groups is 1. The Morgan fingerprint density at radius 1 is 1.14 bits per heavy atom. The van der Waals surface area contributed by atoms with Crippen molar-refractivity contribution in [1.29, 1.82) is 0 Å². The second kappa shape index (κ2) is 9.60. The molecule has 8 heteroatoms. The fourth-order valence-electron chi connectivity index (χ4n) is 4.09. The molecule has 1 amide bonds. The van der Waals surface area contributed by atoms with Crippen LogP contribution in [0.25, 0.3) is 17.0 Å². The SMILES string of the molecule is COc1ccc(Cl)cc1N=C1NC(=O)/C(=C/c2c(C)n(Cc3ccc(F)cc3)c3ccccc23)S1. The van der Waals surface area contributed by atoms with Gasteiger partial charge in [-0.25, -0.2) is 9.38 Å². The van der Waals surface area contributed by atoms with Gasteiger partial charge < -0.3 is 14.6 Å². The molecule has 1 aliphatic rings. The summed E-state index contributed by atoms with van der Waals surface area (Å²) in [6.45, 7) is 2.62. The van der Waals surface area contributed by atoms with Gasteiger partial charge >= 0.3 is 0 Å². The minimum absolute atomic E-state index is 0.218. The summed E-state index contributed by atoms with van der Waals surface area (Å²) >= 11 is 7.38. The van der Waals surface area contributed by atoms with Crippen LogP contribution in [0.15, 0.2) is 76.6 Å². The van der Waals surface area contributed by atoms with E-state index < -0.39 is 0 Å². The van der Waals surface area contributed by atoms with Gasteiger partial charge in [0, 0.05) is 33.7 Å². The highest BCUT2D eigenvalue weighted by molar-refractivity contribution is 8.18. The van der Waals surface area contributed by atoms with Gasteiger partial charge in [0.05, 0.1) is 12.0 Å². The van der Waals surface area contributed by atoms with Crippen LogP contribution in [0.3, 0.4) is 0 Å². The van der Waals surface area contributed by atoms with Crippen molar-refractivity contribution >= 4 is 57.1 Å². The van der Waals surface area contributed by atoms with Gasteiger partial charge in [0.2, 0.25) is 0 Å². The lowest BCUT2D eigenvalue weighted by Gasteiger charge is -2.09. The number of hydrogen-bond acceptors (Lipinski definition) is 4. The molecule has 5 nitrogen and oxygen atoms in total. The largest absolute Gasteiger partial charge is 0.494 e. The highest BCUT2D eigenvalue weighted by Gasteiger charge is 2.25. The van der Waals surface area contributed by atoms with Crippen molar-refractivity contribution in [1.82, 2.24) is 9.88 Å². The Labute approximate surface area is 211 Å². The number of methoxy groups -OCH3 is 1. The number of benzene rings is 3. The topological polar surface area (TPSA) is 55.6 Å². The maximum Gasteiger partial charge on any atom is 0.264 e. The highest BCUT2D eigenvalue weighted by Crippen LogP contribution is 2.36. The summed E-state index contributed by atoms with van der Waals surface area (Å²) in [5, 5.41) is 4.85. The number of hydrogen-bond donors (Lipinski definition) is 1. The normalized spacial score (nSPS) is 15.8. The number of para-hydroxylation sites is 1. The summed E-state index contributed by atoms with van der Waals surface area (Å²) in [6.07, 6.45) is 1.90. The van der Waals surface area contributed by atoms with Gasteiger partial charge in [0.25, 0.3) is 5.91 Å². The van der Waals surface area contributed by atoms with E-state index in [1.807, 2.05) is 37.3 Å². The number of carbonyl (C=O) groups is 1. The third-order valence-electron chi connectivity index (χ3n) is 5.82. The van der Waals surface area contributed by atoms with Crippen LogP contribution in [0.1, 0.15) is 16.8 Å². The molecular weight excluding hydrogens is 485 g/mol. The van der Waals surface area contributed by atoms with E-state index in [0.29, 0.717) is 33.1 Å². The van der Waals surface area contributed by atoms with Crippen molar-refractivity contribution in [2.45, 2.75) is 13.5 Å². The summed E-state index contributed by atoms with van der Waals surface area (Å²) in [6, 6.07) is 19.7. The first kappa shape index (κ1) is 23.2. The van der Waals surface area contributed by atoms with Crippen molar-refractivity contribution in [2.75, 3.05) is 7.11 Å². The Balaban J connectivity index is 1.52. The van der Waals surface area contributed by atoms with Crippen LogP contribution in [0, 0.1) is 12.7 Å². The quantitative estimate of drug-likeness (QED) is 0.307. The molecule has 0 bridgehead atoms. The number of rotatable bonds is 5. The summed E-state index contributed by atoms with van der Waals surface area (Å²) < 4.78 is 20.9. The summed E-state index contributed by atoms with van der Waals surface area (Å²) in [7, 11) is 1.56. The van der Waals surface area contributed by atoms with Gasteiger partial charge in [0.1, 0.15) is 17.3 Å². The molecule has 1 N–H and O–H groups in total. The van der Waals surface area contributed by atoms with E-state index in [9.17, 15) is 9.18 Å². The minimum Gasteiger partial charge on any atom is -0.494 e. The first-order valence-corrected chi connectivity index (χ1v) is 12.1. The molecule has 0 radical (unpaired) electrons. The average Bonchev–Trinajstić information content (AvgIpc) is 3.32. The van der Waals surface area contributed by atoms with Crippen molar-refractivity contribution < 1.29 is 13.9 Å². The number of amides is 1. The van der Waals surface area contributed by atoms with Crippen molar-refractivity contribution in [3.63, 3.8) is 0 Å². The molecule has 1 aliphatic heterocycles. The van der Waals surface area contributed by atoms with Crippen LogP contribution in [-0.4, -0.2) is 22.8 Å². The summed E-state index contributed by atoms with van der Waals surface area (Å²) in [5.41, 5.74) is 4.55. The number of ether oxygens (including phenoxy) is 1. The molecule has 0 atom stereocenters. The van der Waals surface area contributed by atoms with E-state index in [2.05, 4.69) is 14.9 Å². The third kappa shape index (κ3) is 4.70. The molecule has 0 unspecified atom stereocenters. The molecule has 1 aromatic heterocycles. The zero-order chi connectivity index (χ0) is 24.5. The smallest absolute Gasteiger partial charge is 0.264 e. The number of thioether (sulfide) groups is 1. The van der Waals surface area contributed by atoms with E-state index in [0.717, 1.165) is 27.7 Å². The molecule has 0 spiro atoms. The maximum atomic E-state index is 13.4. The number of aliphatic imine (C=N–C) groups is 1. The molecule has 0 saturated carbocycles. The zero-order valence-corrected chi connectivity index (χ0v) is 20.6. The van der Waals surface area contributed by atoms with Gasteiger partial charge in [0.15, 0.2) is 5.17 Å². The highest BCUT2D eigenvalue weighted by atomic mass is 35.5. The van der Waals surface area contributed by atoms with Gasteiger partial charge in [-0.3, -0.25) is 4.79 Å². The third-order valence-corrected chi connectivity index (χ3v) is 6.97. The van der Waals surface area contributed by atoms with E-state index in [4.69, 9.17) is 16.3 Å². The lowest BCUT2D eigenvalue weighted by Crippen LogP contribution is -2.19. The summed E-state index contributed by atoms with van der Waals surface area (Å²) in [4.78, 5) is 17.9. The second-order valence-corrected chi connectivity index (χ2v) is 9.49. The Kier molecular flexibility index (Phi) is 6.36. The molecule has 3 aromatic carbocycles. The van der Waals surface area contributed by atoms with E-state index in [-0.39, 0.29) is 11.7 Å². The molecular formula is C27H21ClFN3O2S. The number of fused-ring (bicyclic) bond motifs is 1. The van der Waals surface area contributed by atoms with Gasteiger partial charge in [-0.2, -0.15) is 0 Å². The second-order valence-electron chi connectivity index (χ2n) is 8.03. The van der Waals surface area contributed by atoms with Gasteiger partial charge in [-0.1, -0.05) is 41.9 Å². The monoisotopic (exact) mass is 505 g/mol. The number of halogens is 2. The van der Waals surface area contributed by atoms with Crippen LogP contribution >= 0.6 is 23.4 Å². The molecule has 1 saturated heterocycles. The van der Waals surface area contributed by atoms with Gasteiger partial charge in [-0.15, -0.1) is 0 Å². The van der Waals surface area contributed by atoms with Crippen LogP contribution in [0.4, 0.5) is 10.1 Å². The van der Waals surface area contributed by atoms with Crippen LogP contribution in [0.2, 0.25) is 5.02 Å². The summed E-state index contributed by atoms with van der Waals surface area (Å²) in [5.74, 6) is 0.0868. The predicted molar refractivity (Wildman–Crippen MR) is 141 cm³/mol. The first-order valence-electron chi connectivity index (χ1n) is 10.9. The van der Waals surface area contributed by atoms with Gasteiger partial charge in [-0.05, 0) is 66.7 Å². The molecule has 4 aromatic rings. The van der Waals surface area contributed by atoms with Crippen LogP contribution in [-0.2, 0) is 11.3 Å². The number of carbonyl (C=O) groups excluding carboxylic acids is 1. The van der Waals surface area contributed by atoms with Crippen LogP contribution < -0.4 is 10.1 Å². The molecule has 35 heavy (non-hydrogen) atoms. The van der Waals surface area contributed by atoms with Crippen molar-refractivity contribution in [3.05, 3.63) is 99.3 Å². The van der Waals surface area contributed by atoms with Crippen molar-refractivity contribution in [3.8, 4) is 5.75 Å². The van der Waals surface area contributed by atoms with Crippen LogP contribution in [0.5, 0.6) is 5.75 Å².